The van der Waals surface area contributed by atoms with Crippen LogP contribution in [-0.2, 0) is 5.54 Å². The van der Waals surface area contributed by atoms with Crippen molar-refractivity contribution >= 4 is 0 Å². The molecule has 0 aliphatic rings. The van der Waals surface area contributed by atoms with Crippen LogP contribution >= 0.6 is 0 Å². The van der Waals surface area contributed by atoms with E-state index in [1.165, 1.54) is 5.56 Å². The highest BCUT2D eigenvalue weighted by Gasteiger charge is 2.15. The van der Waals surface area contributed by atoms with E-state index in [0.717, 1.165) is 0 Å². The van der Waals surface area contributed by atoms with Gasteiger partial charge in [0.25, 0.3) is 0 Å². The molecule has 1 rings (SSSR count). The first-order chi connectivity index (χ1) is 5.17. The largest absolute Gasteiger partial charge is 0.307 e. The fraction of sp³-hybridized carbons (Fsp3) is 0.300. The minimum Gasteiger partial charge on any atom is -0.307 e. The van der Waals surface area contributed by atoms with Crippen LogP contribution in [0.5, 0.6) is 0 Å². The summed E-state index contributed by atoms with van der Waals surface area (Å²) in [5, 5.41) is 3.01. The maximum atomic E-state index is 3.68. The van der Waals surface area contributed by atoms with Crippen LogP contribution in [0, 0.1) is 7.05 Å². The maximum absolute atomic E-state index is 3.68. The first-order valence-corrected chi connectivity index (χ1v) is 3.76. The van der Waals surface area contributed by atoms with Crippen LogP contribution < -0.4 is 5.32 Å². The Labute approximate surface area is 68.4 Å². The van der Waals surface area contributed by atoms with Gasteiger partial charge in [-0.1, -0.05) is 30.3 Å². The van der Waals surface area contributed by atoms with Crippen molar-refractivity contribution in [3.05, 3.63) is 42.9 Å². The molecule has 1 aromatic rings. The van der Waals surface area contributed by atoms with Crippen molar-refractivity contribution in [1.29, 1.82) is 0 Å². The molecule has 0 heterocycles. The molecule has 0 spiro atoms. The average Bonchev–Trinajstić information content (AvgIpc) is 2.06. The van der Waals surface area contributed by atoms with Gasteiger partial charge >= 0.3 is 0 Å². The predicted molar refractivity (Wildman–Crippen MR) is 48.0 cm³/mol. The highest BCUT2D eigenvalue weighted by Crippen LogP contribution is 2.18. The zero-order chi connectivity index (χ0) is 8.32. The Morgan fingerprint density at radius 1 is 1.18 bits per heavy atom. The van der Waals surface area contributed by atoms with E-state index >= 15 is 0 Å². The molecule has 1 N–H and O–H groups in total. The molecule has 0 aliphatic carbocycles. The molecule has 0 unspecified atom stereocenters. The van der Waals surface area contributed by atoms with Gasteiger partial charge < -0.3 is 5.32 Å². The lowest BCUT2D eigenvalue weighted by atomic mass is 9.95. The minimum atomic E-state index is -0.0265. The fourth-order valence-electron chi connectivity index (χ4n) is 0.957. The number of nitrogens with one attached hydrogen (secondary N) is 1. The molecule has 1 radical (unpaired) electrons. The summed E-state index contributed by atoms with van der Waals surface area (Å²) in [6, 6.07) is 10.3. The second kappa shape index (κ2) is 3.05. The third kappa shape index (κ3) is 1.81. The van der Waals surface area contributed by atoms with Gasteiger partial charge in [-0.05, 0) is 19.4 Å². The molecule has 1 nitrogen and oxygen atoms in total. The Hall–Kier alpha value is -0.820. The van der Waals surface area contributed by atoms with E-state index in [0.29, 0.717) is 0 Å². The second-order valence-electron chi connectivity index (χ2n) is 3.17. The van der Waals surface area contributed by atoms with E-state index in [9.17, 15) is 0 Å². The Bertz CT molecular complexity index is 214. The van der Waals surface area contributed by atoms with Gasteiger partial charge in [0.1, 0.15) is 0 Å². The molecular formula is C10H14N. The van der Waals surface area contributed by atoms with Crippen LogP contribution in [0.1, 0.15) is 19.4 Å². The van der Waals surface area contributed by atoms with Crippen molar-refractivity contribution in [3.63, 3.8) is 0 Å². The molecule has 0 aliphatic heterocycles. The Morgan fingerprint density at radius 3 is 2.18 bits per heavy atom. The Balaban J connectivity index is 2.93. The molecule has 0 aromatic heterocycles. The molecule has 1 aromatic carbocycles. The summed E-state index contributed by atoms with van der Waals surface area (Å²) >= 11 is 0. The lowest BCUT2D eigenvalue weighted by molar-refractivity contribution is 0.463. The third-order valence-electron chi connectivity index (χ3n) is 1.94. The molecule has 59 valence electrons. The van der Waals surface area contributed by atoms with Crippen LogP contribution in [0.4, 0.5) is 0 Å². The zero-order valence-electron chi connectivity index (χ0n) is 7.09. The van der Waals surface area contributed by atoms with Crippen LogP contribution in [0.3, 0.4) is 0 Å². The van der Waals surface area contributed by atoms with Gasteiger partial charge in [-0.2, -0.15) is 0 Å². The van der Waals surface area contributed by atoms with Gasteiger partial charge in [-0.15, -0.1) is 0 Å². The summed E-state index contributed by atoms with van der Waals surface area (Å²) in [6.45, 7) is 4.21. The van der Waals surface area contributed by atoms with Crippen molar-refractivity contribution in [2.24, 2.45) is 0 Å². The summed E-state index contributed by atoms with van der Waals surface area (Å²) in [5.41, 5.74) is 1.23. The standard InChI is InChI=1S/C10H14N/c1-10(2,11-3)9-7-5-4-6-8-9/h4-8,11H,3H2,1-2H3. The quantitative estimate of drug-likeness (QED) is 0.678. The van der Waals surface area contributed by atoms with E-state index in [2.05, 4.69) is 38.3 Å². The minimum absolute atomic E-state index is 0.0265. The highest BCUT2D eigenvalue weighted by atomic mass is 14.9. The average molecular weight is 148 g/mol. The molecule has 1 heteroatoms. The highest BCUT2D eigenvalue weighted by molar-refractivity contribution is 5.22. The Kier molecular flexibility index (Phi) is 2.30. The van der Waals surface area contributed by atoms with Gasteiger partial charge in [0.15, 0.2) is 0 Å². The van der Waals surface area contributed by atoms with E-state index < -0.39 is 0 Å². The van der Waals surface area contributed by atoms with Gasteiger partial charge in [0, 0.05) is 12.6 Å². The lowest BCUT2D eigenvalue weighted by Crippen LogP contribution is -2.31. The summed E-state index contributed by atoms with van der Waals surface area (Å²) < 4.78 is 0. The van der Waals surface area contributed by atoms with Crippen LogP contribution in [0.25, 0.3) is 0 Å². The van der Waals surface area contributed by atoms with E-state index in [4.69, 9.17) is 0 Å². The number of hydrogen-bond donors (Lipinski definition) is 1. The second-order valence-corrected chi connectivity index (χ2v) is 3.17. The lowest BCUT2D eigenvalue weighted by Gasteiger charge is -2.24. The maximum Gasteiger partial charge on any atom is 0.0377 e. The van der Waals surface area contributed by atoms with Crippen molar-refractivity contribution < 1.29 is 0 Å². The summed E-state index contributed by atoms with van der Waals surface area (Å²) in [5.74, 6) is 0. The topological polar surface area (TPSA) is 12.0 Å². The first-order valence-electron chi connectivity index (χ1n) is 3.76. The molecule has 0 amide bonds. The number of rotatable bonds is 2. The van der Waals surface area contributed by atoms with Crippen molar-refractivity contribution in [2.45, 2.75) is 19.4 Å². The first kappa shape index (κ1) is 8.28. The van der Waals surface area contributed by atoms with Gasteiger partial charge in [-0.3, -0.25) is 0 Å². The van der Waals surface area contributed by atoms with Gasteiger partial charge in [0.05, 0.1) is 0 Å². The van der Waals surface area contributed by atoms with Gasteiger partial charge in [-0.25, -0.2) is 0 Å². The van der Waals surface area contributed by atoms with Crippen molar-refractivity contribution in [3.8, 4) is 0 Å². The van der Waals surface area contributed by atoms with Gasteiger partial charge in [0.2, 0.25) is 0 Å². The van der Waals surface area contributed by atoms with E-state index in [1.54, 1.807) is 0 Å². The van der Waals surface area contributed by atoms with Crippen LogP contribution in [-0.4, -0.2) is 0 Å². The molecule has 0 atom stereocenters. The normalized spacial score (nSPS) is 11.5. The predicted octanol–water partition coefficient (Wildman–Crippen LogP) is 2.30. The number of hydrogen-bond acceptors (Lipinski definition) is 1. The van der Waals surface area contributed by atoms with Crippen LogP contribution in [0.15, 0.2) is 30.3 Å². The summed E-state index contributed by atoms with van der Waals surface area (Å²) in [6.07, 6.45) is 0. The van der Waals surface area contributed by atoms with Crippen LogP contribution in [0.2, 0.25) is 0 Å². The van der Waals surface area contributed by atoms with Crippen molar-refractivity contribution in [1.82, 2.24) is 5.32 Å². The zero-order valence-corrected chi connectivity index (χ0v) is 7.09. The third-order valence-corrected chi connectivity index (χ3v) is 1.94. The molecule has 0 saturated heterocycles. The summed E-state index contributed by atoms with van der Waals surface area (Å²) in [4.78, 5) is 0. The van der Waals surface area contributed by atoms with E-state index in [-0.39, 0.29) is 5.54 Å². The number of benzene rings is 1. The smallest absolute Gasteiger partial charge is 0.0377 e. The molecular weight excluding hydrogens is 134 g/mol. The summed E-state index contributed by atoms with van der Waals surface area (Å²) in [7, 11) is 3.68. The molecule has 0 bridgehead atoms. The Morgan fingerprint density at radius 2 is 1.73 bits per heavy atom. The molecule has 11 heavy (non-hydrogen) atoms. The van der Waals surface area contributed by atoms with E-state index in [1.807, 2.05) is 18.2 Å². The fourth-order valence-corrected chi connectivity index (χ4v) is 0.957. The monoisotopic (exact) mass is 148 g/mol. The molecule has 0 fully saturated rings. The SMILES string of the molecule is [CH2]NC(C)(C)c1ccccc1. The van der Waals surface area contributed by atoms with Crippen molar-refractivity contribution in [2.75, 3.05) is 0 Å². The molecule has 0 saturated carbocycles.